The van der Waals surface area contributed by atoms with Crippen LogP contribution in [0.5, 0.6) is 0 Å². The standard InChI is InChI=1S/C12H15F2N3.HI/c1-8-3-2-4-9(5-8)16-11(15)17-10-6-12(13,14)7-10;/h2-5,10H,6-7H2,1H3,(H3,15,16,17);1H. The molecule has 0 atom stereocenters. The summed E-state index contributed by atoms with van der Waals surface area (Å²) in [4.78, 5) is 4.01. The number of hydrogen-bond donors (Lipinski definition) is 2. The summed E-state index contributed by atoms with van der Waals surface area (Å²) in [6.45, 7) is 1.96. The van der Waals surface area contributed by atoms with Crippen LogP contribution in [0.2, 0.25) is 0 Å². The minimum atomic E-state index is -2.56. The monoisotopic (exact) mass is 367 g/mol. The molecule has 6 heteroatoms. The van der Waals surface area contributed by atoms with Crippen LogP contribution in [0, 0.1) is 6.92 Å². The Morgan fingerprint density at radius 1 is 1.44 bits per heavy atom. The predicted octanol–water partition coefficient (Wildman–Crippen LogP) is 3.14. The van der Waals surface area contributed by atoms with Crippen LogP contribution in [-0.2, 0) is 0 Å². The van der Waals surface area contributed by atoms with Crippen molar-refractivity contribution in [2.45, 2.75) is 31.7 Å². The van der Waals surface area contributed by atoms with E-state index in [-0.39, 0.29) is 48.8 Å². The fraction of sp³-hybridized carbons (Fsp3) is 0.417. The smallest absolute Gasteiger partial charge is 0.252 e. The van der Waals surface area contributed by atoms with Gasteiger partial charge in [0, 0.05) is 18.5 Å². The van der Waals surface area contributed by atoms with Gasteiger partial charge in [0.15, 0.2) is 5.96 Å². The van der Waals surface area contributed by atoms with Gasteiger partial charge in [0.2, 0.25) is 0 Å². The zero-order chi connectivity index (χ0) is 12.5. The molecule has 1 aliphatic rings. The predicted molar refractivity (Wildman–Crippen MR) is 79.8 cm³/mol. The van der Waals surface area contributed by atoms with Gasteiger partial charge in [-0.1, -0.05) is 12.1 Å². The van der Waals surface area contributed by atoms with Gasteiger partial charge in [0.1, 0.15) is 0 Å². The van der Waals surface area contributed by atoms with Crippen LogP contribution in [0.3, 0.4) is 0 Å². The van der Waals surface area contributed by atoms with E-state index in [4.69, 9.17) is 5.73 Å². The molecule has 0 saturated heterocycles. The maximum atomic E-state index is 12.6. The minimum Gasteiger partial charge on any atom is -0.370 e. The van der Waals surface area contributed by atoms with E-state index in [0.717, 1.165) is 11.3 Å². The number of nitrogens with two attached hydrogens (primary N) is 1. The molecule has 1 aromatic rings. The third kappa shape index (κ3) is 4.08. The Bertz CT molecular complexity index is 441. The zero-order valence-corrected chi connectivity index (χ0v) is 12.3. The SMILES string of the molecule is Cc1cccc(NC(N)=NC2CC(F)(F)C2)c1.I. The number of rotatable bonds is 2. The molecule has 1 fully saturated rings. The van der Waals surface area contributed by atoms with Gasteiger partial charge in [0.25, 0.3) is 5.92 Å². The molecular formula is C12H16F2IN3. The Hall–Kier alpha value is -0.920. The fourth-order valence-corrected chi connectivity index (χ4v) is 1.82. The van der Waals surface area contributed by atoms with Gasteiger partial charge in [0.05, 0.1) is 6.04 Å². The highest BCUT2D eigenvalue weighted by molar-refractivity contribution is 14.0. The second kappa shape index (κ2) is 5.81. The topological polar surface area (TPSA) is 50.4 Å². The van der Waals surface area contributed by atoms with Gasteiger partial charge in [-0.25, -0.2) is 13.8 Å². The third-order valence-electron chi connectivity index (χ3n) is 2.68. The van der Waals surface area contributed by atoms with Gasteiger partial charge >= 0.3 is 0 Å². The number of hydrogen-bond acceptors (Lipinski definition) is 1. The first-order chi connectivity index (χ1) is 7.94. The van der Waals surface area contributed by atoms with Crippen LogP contribution in [0.15, 0.2) is 29.3 Å². The van der Waals surface area contributed by atoms with E-state index in [0.29, 0.717) is 0 Å². The largest absolute Gasteiger partial charge is 0.370 e. The van der Waals surface area contributed by atoms with Crippen LogP contribution in [0.25, 0.3) is 0 Å². The molecule has 100 valence electrons. The maximum absolute atomic E-state index is 12.6. The molecule has 18 heavy (non-hydrogen) atoms. The van der Waals surface area contributed by atoms with Crippen molar-refractivity contribution in [1.29, 1.82) is 0 Å². The highest BCUT2D eigenvalue weighted by atomic mass is 127. The second-order valence-electron chi connectivity index (χ2n) is 4.43. The molecule has 0 aliphatic heterocycles. The molecule has 3 N–H and O–H groups in total. The second-order valence-corrected chi connectivity index (χ2v) is 4.43. The number of benzene rings is 1. The Kier molecular flexibility index (Phi) is 4.89. The van der Waals surface area contributed by atoms with Crippen molar-refractivity contribution in [3.63, 3.8) is 0 Å². The third-order valence-corrected chi connectivity index (χ3v) is 2.68. The maximum Gasteiger partial charge on any atom is 0.252 e. The summed E-state index contributed by atoms with van der Waals surface area (Å²) in [6, 6.07) is 7.26. The molecule has 0 aromatic heterocycles. The molecule has 1 aliphatic carbocycles. The molecule has 0 heterocycles. The van der Waals surface area contributed by atoms with Crippen LogP contribution in [-0.4, -0.2) is 17.9 Å². The number of alkyl halides is 2. The molecule has 0 radical (unpaired) electrons. The molecule has 0 unspecified atom stereocenters. The molecule has 1 aromatic carbocycles. The van der Waals surface area contributed by atoms with E-state index in [9.17, 15) is 8.78 Å². The van der Waals surface area contributed by atoms with Crippen molar-refractivity contribution in [1.82, 2.24) is 0 Å². The first kappa shape index (κ1) is 15.1. The first-order valence-electron chi connectivity index (χ1n) is 5.49. The Balaban J connectivity index is 0.00000162. The molecule has 0 spiro atoms. The minimum absolute atomic E-state index is 0. The van der Waals surface area contributed by atoms with Crippen LogP contribution < -0.4 is 11.1 Å². The lowest BCUT2D eigenvalue weighted by Gasteiger charge is -2.32. The van der Waals surface area contributed by atoms with Gasteiger partial charge in [-0.05, 0) is 24.6 Å². The number of nitrogens with one attached hydrogen (secondary N) is 1. The van der Waals surface area contributed by atoms with Gasteiger partial charge in [-0.15, -0.1) is 24.0 Å². The lowest BCUT2D eigenvalue weighted by atomic mass is 9.89. The summed E-state index contributed by atoms with van der Waals surface area (Å²) in [5.41, 5.74) is 7.56. The van der Waals surface area contributed by atoms with Crippen molar-refractivity contribution in [3.8, 4) is 0 Å². The lowest BCUT2D eigenvalue weighted by Crippen LogP contribution is -2.40. The Morgan fingerprint density at radius 3 is 2.67 bits per heavy atom. The van der Waals surface area contributed by atoms with Gasteiger partial charge in [-0.3, -0.25) is 0 Å². The molecule has 1 saturated carbocycles. The Morgan fingerprint density at radius 2 is 2.11 bits per heavy atom. The number of halogens is 3. The van der Waals surface area contributed by atoms with E-state index in [2.05, 4.69) is 10.3 Å². The molecule has 0 amide bonds. The number of nitrogens with zero attached hydrogens (tertiary/aromatic N) is 1. The summed E-state index contributed by atoms with van der Waals surface area (Å²) in [5.74, 6) is -2.37. The number of aliphatic imine (C=N–C) groups is 1. The van der Waals surface area contributed by atoms with E-state index in [1.54, 1.807) is 0 Å². The first-order valence-corrected chi connectivity index (χ1v) is 5.49. The number of guanidine groups is 1. The highest BCUT2D eigenvalue weighted by Gasteiger charge is 2.45. The van der Waals surface area contributed by atoms with Crippen molar-refractivity contribution in [2.75, 3.05) is 5.32 Å². The van der Waals surface area contributed by atoms with Crippen LogP contribution in [0.1, 0.15) is 18.4 Å². The molecule has 2 rings (SSSR count). The summed E-state index contributed by atoms with van der Waals surface area (Å²) >= 11 is 0. The van der Waals surface area contributed by atoms with Crippen molar-refractivity contribution >= 4 is 35.6 Å². The summed E-state index contributed by atoms with van der Waals surface area (Å²) in [6.07, 6.45) is -0.410. The van der Waals surface area contributed by atoms with Crippen molar-refractivity contribution < 1.29 is 8.78 Å². The highest BCUT2D eigenvalue weighted by Crippen LogP contribution is 2.39. The number of aryl methyl sites for hydroxylation is 1. The summed E-state index contributed by atoms with van der Waals surface area (Å²) in [7, 11) is 0. The quantitative estimate of drug-likeness (QED) is 0.480. The lowest BCUT2D eigenvalue weighted by molar-refractivity contribution is -0.0834. The van der Waals surface area contributed by atoms with Gasteiger partial charge in [-0.2, -0.15) is 0 Å². The van der Waals surface area contributed by atoms with Gasteiger partial charge < -0.3 is 11.1 Å². The average molecular weight is 367 g/mol. The average Bonchev–Trinajstić information content (AvgIpc) is 2.14. The van der Waals surface area contributed by atoms with E-state index < -0.39 is 5.92 Å². The zero-order valence-electron chi connectivity index (χ0n) is 9.99. The molecule has 3 nitrogen and oxygen atoms in total. The summed E-state index contributed by atoms with van der Waals surface area (Å²) in [5, 5.41) is 2.89. The normalized spacial score (nSPS) is 18.7. The van der Waals surface area contributed by atoms with Crippen LogP contribution >= 0.6 is 24.0 Å². The number of anilines is 1. The fourth-order valence-electron chi connectivity index (χ4n) is 1.82. The summed E-state index contributed by atoms with van der Waals surface area (Å²) < 4.78 is 25.2. The van der Waals surface area contributed by atoms with Crippen molar-refractivity contribution in [3.05, 3.63) is 29.8 Å². The van der Waals surface area contributed by atoms with E-state index >= 15 is 0 Å². The Labute approximate surface area is 122 Å². The molecular weight excluding hydrogens is 351 g/mol. The molecule has 0 bridgehead atoms. The van der Waals surface area contributed by atoms with Crippen molar-refractivity contribution in [2.24, 2.45) is 10.7 Å². The van der Waals surface area contributed by atoms with E-state index in [1.165, 1.54) is 0 Å². The van der Waals surface area contributed by atoms with E-state index in [1.807, 2.05) is 31.2 Å². The van der Waals surface area contributed by atoms with Crippen LogP contribution in [0.4, 0.5) is 14.5 Å².